The van der Waals surface area contributed by atoms with Crippen LogP contribution in [0.5, 0.6) is 5.75 Å². The molecular weight excluding hydrogens is 318 g/mol. The van der Waals surface area contributed by atoms with Crippen LogP contribution in [0.2, 0.25) is 0 Å². The summed E-state index contributed by atoms with van der Waals surface area (Å²) in [6.07, 6.45) is 4.62. The van der Waals surface area contributed by atoms with Crippen LogP contribution in [0, 0.1) is 5.92 Å². The Morgan fingerprint density at radius 2 is 2.35 bits per heavy atom. The smallest absolute Gasteiger partial charge is 0.137 e. The Balaban J connectivity index is 1.86. The topological polar surface area (TPSA) is 38.3 Å². The van der Waals surface area contributed by atoms with Crippen molar-refractivity contribution in [3.63, 3.8) is 0 Å². The zero-order chi connectivity index (χ0) is 14.4. The third-order valence-electron chi connectivity index (χ3n) is 3.86. The molecule has 0 spiro atoms. The van der Waals surface area contributed by atoms with Crippen molar-refractivity contribution in [3.8, 4) is 5.75 Å². The molecule has 1 saturated heterocycles. The summed E-state index contributed by atoms with van der Waals surface area (Å²) in [5.74, 6) is 1.75. The summed E-state index contributed by atoms with van der Waals surface area (Å²) < 4.78 is 6.30. The van der Waals surface area contributed by atoms with Crippen molar-refractivity contribution in [3.05, 3.63) is 28.2 Å². The van der Waals surface area contributed by atoms with Gasteiger partial charge in [-0.1, -0.05) is 15.9 Å². The van der Waals surface area contributed by atoms with Crippen LogP contribution in [-0.4, -0.2) is 26.0 Å². The summed E-state index contributed by atoms with van der Waals surface area (Å²) in [4.78, 5) is 12.1. The summed E-state index contributed by atoms with van der Waals surface area (Å²) in [6, 6.07) is 5.80. The molecule has 3 nitrogen and oxygen atoms in total. The van der Waals surface area contributed by atoms with E-state index in [0.29, 0.717) is 24.5 Å². The number of rotatable bonds is 6. The molecule has 0 radical (unpaired) electrons. The second-order valence-electron chi connectivity index (χ2n) is 5.42. The van der Waals surface area contributed by atoms with Crippen LogP contribution in [0.3, 0.4) is 0 Å². The second-order valence-corrected chi connectivity index (χ2v) is 6.34. The average Bonchev–Trinajstić information content (AvgIpc) is 2.46. The van der Waals surface area contributed by atoms with E-state index in [0.717, 1.165) is 35.3 Å². The van der Waals surface area contributed by atoms with Crippen molar-refractivity contribution in [2.45, 2.75) is 32.1 Å². The summed E-state index contributed by atoms with van der Waals surface area (Å²) >= 11 is 3.44. The molecule has 1 fully saturated rings. The summed E-state index contributed by atoms with van der Waals surface area (Å²) in [6.45, 7) is 2.19. The van der Waals surface area contributed by atoms with Gasteiger partial charge in [0.25, 0.3) is 0 Å². The van der Waals surface area contributed by atoms with Gasteiger partial charge in [-0.3, -0.25) is 4.79 Å². The predicted molar refractivity (Wildman–Crippen MR) is 84.2 cm³/mol. The van der Waals surface area contributed by atoms with E-state index in [1.807, 2.05) is 18.2 Å². The Morgan fingerprint density at radius 3 is 3.05 bits per heavy atom. The molecule has 1 aliphatic rings. The average molecular weight is 340 g/mol. The van der Waals surface area contributed by atoms with Gasteiger partial charge in [0.2, 0.25) is 0 Å². The minimum Gasteiger partial charge on any atom is -0.496 e. The van der Waals surface area contributed by atoms with Gasteiger partial charge in [0.05, 0.1) is 7.11 Å². The van der Waals surface area contributed by atoms with Gasteiger partial charge < -0.3 is 10.1 Å². The third kappa shape index (κ3) is 4.60. The maximum atomic E-state index is 12.1. The van der Waals surface area contributed by atoms with E-state index in [4.69, 9.17) is 4.74 Å². The highest BCUT2D eigenvalue weighted by molar-refractivity contribution is 9.10. The number of Topliss-reactive ketones (excluding diaryl/α,β-unsaturated/α-hetero) is 1. The van der Waals surface area contributed by atoms with Crippen LogP contribution in [0.1, 0.15) is 31.2 Å². The standard InChI is InChI=1S/C16H22BrNO2/c1-20-16-7-5-14(17)9-13(16)10-15(19)6-4-12-3-2-8-18-11-12/h5,7,9,12,18H,2-4,6,8,10-11H2,1H3. The fourth-order valence-corrected chi connectivity index (χ4v) is 3.13. The van der Waals surface area contributed by atoms with Gasteiger partial charge in [-0.15, -0.1) is 0 Å². The van der Waals surface area contributed by atoms with E-state index in [9.17, 15) is 4.79 Å². The largest absolute Gasteiger partial charge is 0.496 e. The lowest BCUT2D eigenvalue weighted by molar-refractivity contribution is -0.118. The Bertz CT molecular complexity index is 456. The Hall–Kier alpha value is -0.870. The third-order valence-corrected chi connectivity index (χ3v) is 4.35. The molecule has 0 amide bonds. The number of methoxy groups -OCH3 is 1. The summed E-state index contributed by atoms with van der Waals surface area (Å²) in [5.41, 5.74) is 0.966. The van der Waals surface area contributed by atoms with E-state index >= 15 is 0 Å². The molecule has 0 bridgehead atoms. The van der Waals surface area contributed by atoms with Gasteiger partial charge in [0.1, 0.15) is 11.5 Å². The van der Waals surface area contributed by atoms with Crippen LogP contribution >= 0.6 is 15.9 Å². The zero-order valence-corrected chi connectivity index (χ0v) is 13.5. The van der Waals surface area contributed by atoms with Gasteiger partial charge in [-0.2, -0.15) is 0 Å². The molecule has 0 aromatic heterocycles. The Labute approximate surface area is 129 Å². The molecule has 20 heavy (non-hydrogen) atoms. The number of halogens is 1. The summed E-state index contributed by atoms with van der Waals surface area (Å²) in [7, 11) is 1.64. The maximum Gasteiger partial charge on any atom is 0.137 e. The fourth-order valence-electron chi connectivity index (χ4n) is 2.72. The number of carbonyl (C=O) groups is 1. The highest BCUT2D eigenvalue weighted by atomic mass is 79.9. The van der Waals surface area contributed by atoms with Gasteiger partial charge in [-0.05, 0) is 56.5 Å². The number of benzene rings is 1. The number of piperidine rings is 1. The molecule has 1 heterocycles. The fraction of sp³-hybridized carbons (Fsp3) is 0.562. The van der Waals surface area contributed by atoms with E-state index in [-0.39, 0.29) is 0 Å². The number of ketones is 1. The van der Waals surface area contributed by atoms with E-state index in [2.05, 4.69) is 21.2 Å². The maximum absolute atomic E-state index is 12.1. The number of carbonyl (C=O) groups excluding carboxylic acids is 1. The van der Waals surface area contributed by atoms with Crippen LogP contribution in [0.25, 0.3) is 0 Å². The quantitative estimate of drug-likeness (QED) is 0.863. The van der Waals surface area contributed by atoms with Crippen LogP contribution in [0.15, 0.2) is 22.7 Å². The molecule has 2 rings (SSSR count). The lowest BCUT2D eigenvalue weighted by Crippen LogP contribution is -2.30. The monoisotopic (exact) mass is 339 g/mol. The van der Waals surface area contributed by atoms with Gasteiger partial charge in [-0.25, -0.2) is 0 Å². The highest BCUT2D eigenvalue weighted by Gasteiger charge is 2.15. The molecule has 110 valence electrons. The Morgan fingerprint density at radius 1 is 1.50 bits per heavy atom. The molecule has 1 aromatic rings. The lowest BCUT2D eigenvalue weighted by atomic mass is 9.92. The van der Waals surface area contributed by atoms with Crippen molar-refractivity contribution in [1.82, 2.24) is 5.32 Å². The Kier molecular flexibility index (Phi) is 6.05. The van der Waals surface area contributed by atoms with Crippen molar-refractivity contribution in [1.29, 1.82) is 0 Å². The van der Waals surface area contributed by atoms with E-state index in [1.54, 1.807) is 7.11 Å². The molecule has 1 N–H and O–H groups in total. The molecule has 1 unspecified atom stereocenters. The number of hydrogen-bond donors (Lipinski definition) is 1. The normalized spacial score (nSPS) is 18.8. The van der Waals surface area contributed by atoms with Crippen LogP contribution < -0.4 is 10.1 Å². The molecular formula is C16H22BrNO2. The molecule has 1 aliphatic heterocycles. The molecule has 0 aliphatic carbocycles. The highest BCUT2D eigenvalue weighted by Crippen LogP contribution is 2.24. The SMILES string of the molecule is COc1ccc(Br)cc1CC(=O)CCC1CCCNC1. The number of hydrogen-bond acceptors (Lipinski definition) is 3. The first-order valence-corrected chi connectivity index (χ1v) is 8.03. The van der Waals surface area contributed by atoms with Crippen molar-refractivity contribution in [2.75, 3.05) is 20.2 Å². The van der Waals surface area contributed by atoms with E-state index in [1.165, 1.54) is 12.8 Å². The molecule has 0 saturated carbocycles. The zero-order valence-electron chi connectivity index (χ0n) is 12.0. The first-order chi connectivity index (χ1) is 9.69. The van der Waals surface area contributed by atoms with Crippen molar-refractivity contribution in [2.24, 2.45) is 5.92 Å². The minimum absolute atomic E-state index is 0.298. The van der Waals surface area contributed by atoms with Gasteiger partial charge in [0, 0.05) is 22.9 Å². The van der Waals surface area contributed by atoms with Crippen molar-refractivity contribution >= 4 is 21.7 Å². The van der Waals surface area contributed by atoms with Gasteiger partial charge >= 0.3 is 0 Å². The summed E-state index contributed by atoms with van der Waals surface area (Å²) in [5, 5.41) is 3.40. The van der Waals surface area contributed by atoms with Crippen molar-refractivity contribution < 1.29 is 9.53 Å². The predicted octanol–water partition coefficient (Wildman–Crippen LogP) is 3.35. The number of nitrogens with one attached hydrogen (secondary N) is 1. The minimum atomic E-state index is 0.298. The second kappa shape index (κ2) is 7.79. The molecule has 1 aromatic carbocycles. The molecule has 1 atom stereocenters. The number of ether oxygens (including phenoxy) is 1. The van der Waals surface area contributed by atoms with Crippen LogP contribution in [-0.2, 0) is 11.2 Å². The van der Waals surface area contributed by atoms with Crippen LogP contribution in [0.4, 0.5) is 0 Å². The van der Waals surface area contributed by atoms with E-state index < -0.39 is 0 Å². The first kappa shape index (κ1) is 15.5. The first-order valence-electron chi connectivity index (χ1n) is 7.24. The van der Waals surface area contributed by atoms with Gasteiger partial charge in [0.15, 0.2) is 0 Å². The molecule has 4 heteroatoms. The lowest BCUT2D eigenvalue weighted by Gasteiger charge is -2.22.